The highest BCUT2D eigenvalue weighted by atomic mass is 16.2. The predicted octanol–water partition coefficient (Wildman–Crippen LogP) is 2.08. The van der Waals surface area contributed by atoms with Gasteiger partial charge in [0.1, 0.15) is 6.04 Å². The summed E-state index contributed by atoms with van der Waals surface area (Å²) in [7, 11) is 0. The van der Waals surface area contributed by atoms with Crippen LogP contribution in [0.15, 0.2) is 0 Å². The first-order valence-electron chi connectivity index (χ1n) is 8.26. The Kier molecular flexibility index (Phi) is 3.99. The van der Waals surface area contributed by atoms with Gasteiger partial charge in [0.2, 0.25) is 11.8 Å². The molecule has 0 aromatic heterocycles. The van der Waals surface area contributed by atoms with Crippen molar-refractivity contribution in [1.29, 1.82) is 0 Å². The molecule has 3 unspecified atom stereocenters. The molecule has 3 atom stereocenters. The monoisotopic (exact) mass is 278 g/mol. The highest BCUT2D eigenvalue weighted by Gasteiger charge is 2.43. The molecule has 0 aromatic carbocycles. The maximum absolute atomic E-state index is 12.8. The second-order valence-corrected chi connectivity index (χ2v) is 6.85. The van der Waals surface area contributed by atoms with Gasteiger partial charge in [0.15, 0.2) is 0 Å². The summed E-state index contributed by atoms with van der Waals surface area (Å²) < 4.78 is 0. The average molecular weight is 278 g/mol. The first-order valence-corrected chi connectivity index (χ1v) is 8.26. The largest absolute Gasteiger partial charge is 0.344 e. The highest BCUT2D eigenvalue weighted by Crippen LogP contribution is 2.36. The topological polar surface area (TPSA) is 49.4 Å². The Hall–Kier alpha value is -1.06. The standard InChI is InChI=1S/C16H26N2O2/c1-11-5-3-2-4-6-13(11)18-10-9-14(19)17-15(16(18)20)12-7-8-12/h11-13,15H,2-10H2,1H3,(H,17,19). The molecular formula is C16H26N2O2. The van der Waals surface area contributed by atoms with Gasteiger partial charge in [-0.3, -0.25) is 9.59 Å². The zero-order chi connectivity index (χ0) is 14.1. The molecule has 112 valence electrons. The number of nitrogens with one attached hydrogen (secondary N) is 1. The van der Waals surface area contributed by atoms with E-state index in [1.54, 1.807) is 0 Å². The van der Waals surface area contributed by atoms with Crippen LogP contribution in [0.1, 0.15) is 58.3 Å². The van der Waals surface area contributed by atoms with Crippen molar-refractivity contribution >= 4 is 11.8 Å². The van der Waals surface area contributed by atoms with Crippen molar-refractivity contribution in [3.63, 3.8) is 0 Å². The summed E-state index contributed by atoms with van der Waals surface area (Å²) >= 11 is 0. The van der Waals surface area contributed by atoms with Crippen LogP contribution in [0.2, 0.25) is 0 Å². The van der Waals surface area contributed by atoms with Gasteiger partial charge in [-0.05, 0) is 37.5 Å². The maximum Gasteiger partial charge on any atom is 0.245 e. The van der Waals surface area contributed by atoms with E-state index in [1.165, 1.54) is 25.7 Å². The molecule has 1 N–H and O–H groups in total. The number of amides is 2. The quantitative estimate of drug-likeness (QED) is 0.786. The van der Waals surface area contributed by atoms with E-state index in [4.69, 9.17) is 0 Å². The van der Waals surface area contributed by atoms with Crippen LogP contribution in [0.5, 0.6) is 0 Å². The molecule has 0 aromatic rings. The molecule has 4 nitrogen and oxygen atoms in total. The fourth-order valence-electron chi connectivity index (χ4n) is 3.83. The Morgan fingerprint density at radius 2 is 1.80 bits per heavy atom. The molecular weight excluding hydrogens is 252 g/mol. The molecule has 3 rings (SSSR count). The lowest BCUT2D eigenvalue weighted by Crippen LogP contribution is -2.51. The summed E-state index contributed by atoms with van der Waals surface area (Å²) in [6.45, 7) is 2.89. The maximum atomic E-state index is 12.8. The van der Waals surface area contributed by atoms with Gasteiger partial charge in [-0.2, -0.15) is 0 Å². The summed E-state index contributed by atoms with van der Waals surface area (Å²) in [6, 6.07) is 0.111. The lowest BCUT2D eigenvalue weighted by atomic mass is 9.94. The Morgan fingerprint density at radius 1 is 1.05 bits per heavy atom. The van der Waals surface area contributed by atoms with Crippen molar-refractivity contribution in [2.45, 2.75) is 70.4 Å². The van der Waals surface area contributed by atoms with Crippen molar-refractivity contribution in [2.75, 3.05) is 6.54 Å². The Morgan fingerprint density at radius 3 is 2.55 bits per heavy atom. The van der Waals surface area contributed by atoms with Crippen LogP contribution >= 0.6 is 0 Å². The van der Waals surface area contributed by atoms with Crippen LogP contribution in [-0.2, 0) is 9.59 Å². The number of carbonyl (C=O) groups excluding carboxylic acids is 2. The third-order valence-electron chi connectivity index (χ3n) is 5.26. The van der Waals surface area contributed by atoms with Crippen molar-refractivity contribution in [3.8, 4) is 0 Å². The van der Waals surface area contributed by atoms with Crippen LogP contribution in [0, 0.1) is 11.8 Å². The van der Waals surface area contributed by atoms with Gasteiger partial charge in [0.05, 0.1) is 0 Å². The summed E-state index contributed by atoms with van der Waals surface area (Å²) in [5, 5.41) is 2.96. The van der Waals surface area contributed by atoms with Gasteiger partial charge in [0, 0.05) is 19.0 Å². The minimum atomic E-state index is -0.236. The molecule has 0 radical (unpaired) electrons. The van der Waals surface area contributed by atoms with Crippen molar-refractivity contribution < 1.29 is 9.59 Å². The van der Waals surface area contributed by atoms with E-state index >= 15 is 0 Å². The summed E-state index contributed by atoms with van der Waals surface area (Å²) in [6.07, 6.45) is 8.75. The first kappa shape index (κ1) is 13.9. The zero-order valence-corrected chi connectivity index (χ0v) is 12.4. The lowest BCUT2D eigenvalue weighted by Gasteiger charge is -2.35. The van der Waals surface area contributed by atoms with Crippen molar-refractivity contribution in [2.24, 2.45) is 11.8 Å². The summed E-state index contributed by atoms with van der Waals surface area (Å²) in [4.78, 5) is 26.8. The van der Waals surface area contributed by atoms with Gasteiger partial charge in [-0.15, -0.1) is 0 Å². The fraction of sp³-hybridized carbons (Fsp3) is 0.875. The second kappa shape index (κ2) is 5.74. The van der Waals surface area contributed by atoms with Crippen molar-refractivity contribution in [3.05, 3.63) is 0 Å². The Bertz CT molecular complexity index is 392. The van der Waals surface area contributed by atoms with Gasteiger partial charge in [-0.1, -0.05) is 26.2 Å². The molecule has 1 heterocycles. The van der Waals surface area contributed by atoms with E-state index < -0.39 is 0 Å². The number of hydrogen-bond donors (Lipinski definition) is 1. The molecule has 20 heavy (non-hydrogen) atoms. The molecule has 1 aliphatic heterocycles. The molecule has 2 saturated carbocycles. The van der Waals surface area contributed by atoms with Crippen molar-refractivity contribution in [1.82, 2.24) is 10.2 Å². The van der Waals surface area contributed by atoms with E-state index in [2.05, 4.69) is 17.1 Å². The molecule has 0 spiro atoms. The average Bonchev–Trinajstić information content (AvgIpc) is 3.24. The van der Waals surface area contributed by atoms with Crippen LogP contribution in [-0.4, -0.2) is 35.3 Å². The van der Waals surface area contributed by atoms with Crippen LogP contribution in [0.3, 0.4) is 0 Å². The number of rotatable bonds is 2. The van der Waals surface area contributed by atoms with Gasteiger partial charge < -0.3 is 10.2 Å². The Balaban J connectivity index is 1.78. The predicted molar refractivity (Wildman–Crippen MR) is 77.0 cm³/mol. The molecule has 3 aliphatic rings. The highest BCUT2D eigenvalue weighted by molar-refractivity contribution is 5.90. The molecule has 3 fully saturated rings. The smallest absolute Gasteiger partial charge is 0.245 e. The lowest BCUT2D eigenvalue weighted by molar-refractivity contribution is -0.137. The van der Waals surface area contributed by atoms with E-state index in [-0.39, 0.29) is 17.9 Å². The fourth-order valence-corrected chi connectivity index (χ4v) is 3.83. The van der Waals surface area contributed by atoms with Crippen LogP contribution < -0.4 is 5.32 Å². The van der Waals surface area contributed by atoms with Gasteiger partial charge in [0.25, 0.3) is 0 Å². The van der Waals surface area contributed by atoms with Gasteiger partial charge >= 0.3 is 0 Å². The van der Waals surface area contributed by atoms with Crippen LogP contribution in [0.4, 0.5) is 0 Å². The molecule has 2 amide bonds. The molecule has 2 aliphatic carbocycles. The van der Waals surface area contributed by atoms with Gasteiger partial charge in [-0.25, -0.2) is 0 Å². The number of carbonyl (C=O) groups is 2. The third-order valence-corrected chi connectivity index (χ3v) is 5.26. The van der Waals surface area contributed by atoms with E-state index in [1.807, 2.05) is 0 Å². The molecule has 1 saturated heterocycles. The SMILES string of the molecule is CC1CCCCCC1N1CCC(=O)NC(C2CC2)C1=O. The molecule has 4 heteroatoms. The van der Waals surface area contributed by atoms with Crippen LogP contribution in [0.25, 0.3) is 0 Å². The number of hydrogen-bond acceptors (Lipinski definition) is 2. The summed E-state index contributed by atoms with van der Waals surface area (Å²) in [5.41, 5.74) is 0. The van der Waals surface area contributed by atoms with E-state index in [9.17, 15) is 9.59 Å². The minimum absolute atomic E-state index is 0.0547. The molecule has 0 bridgehead atoms. The number of nitrogens with zero attached hydrogens (tertiary/aromatic N) is 1. The minimum Gasteiger partial charge on any atom is -0.344 e. The van der Waals surface area contributed by atoms with E-state index in [0.29, 0.717) is 30.8 Å². The summed E-state index contributed by atoms with van der Waals surface area (Å²) in [5.74, 6) is 1.21. The van der Waals surface area contributed by atoms with E-state index in [0.717, 1.165) is 19.3 Å². The third kappa shape index (κ3) is 2.84. The second-order valence-electron chi connectivity index (χ2n) is 6.85. The normalized spacial score (nSPS) is 36.2. The zero-order valence-electron chi connectivity index (χ0n) is 12.4. The Labute approximate surface area is 121 Å². The first-order chi connectivity index (χ1) is 9.66.